The van der Waals surface area contributed by atoms with Gasteiger partial charge in [0.25, 0.3) is 0 Å². The van der Waals surface area contributed by atoms with Gasteiger partial charge in [-0.1, -0.05) is 18.2 Å². The minimum absolute atomic E-state index is 0.250. The van der Waals surface area contributed by atoms with Gasteiger partial charge in [-0.15, -0.1) is 0 Å². The number of hydrogen-bond donors (Lipinski definition) is 0. The summed E-state index contributed by atoms with van der Waals surface area (Å²) in [6, 6.07) is 7.31. The molecule has 1 aromatic rings. The van der Waals surface area contributed by atoms with Gasteiger partial charge in [0.05, 0.1) is 5.92 Å². The van der Waals surface area contributed by atoms with E-state index in [1.54, 1.807) is 0 Å². The summed E-state index contributed by atoms with van der Waals surface area (Å²) < 4.78 is 0. The number of amides is 1. The van der Waals surface area contributed by atoms with Gasteiger partial charge in [0.2, 0.25) is 5.91 Å². The zero-order chi connectivity index (χ0) is 19.5. The Labute approximate surface area is 170 Å². The second-order valence-corrected chi connectivity index (χ2v) is 9.24. The summed E-state index contributed by atoms with van der Waals surface area (Å²) in [7, 11) is 0. The Morgan fingerprint density at radius 3 is 2.29 bits per heavy atom. The van der Waals surface area contributed by atoms with E-state index >= 15 is 0 Å². The maximum atomic E-state index is 12.8. The zero-order valence-electron chi connectivity index (χ0n) is 17.8. The molecule has 0 saturated carbocycles. The van der Waals surface area contributed by atoms with Crippen molar-refractivity contribution in [2.24, 2.45) is 5.92 Å². The monoisotopic (exact) mass is 383 g/mol. The van der Waals surface area contributed by atoms with E-state index in [2.05, 4.69) is 46.7 Å². The quantitative estimate of drug-likeness (QED) is 0.795. The molecule has 3 saturated heterocycles. The van der Waals surface area contributed by atoms with Gasteiger partial charge in [0, 0.05) is 32.2 Å². The van der Waals surface area contributed by atoms with E-state index in [1.807, 2.05) is 0 Å². The van der Waals surface area contributed by atoms with Crippen LogP contribution >= 0.6 is 0 Å². The fourth-order valence-electron chi connectivity index (χ4n) is 5.50. The van der Waals surface area contributed by atoms with E-state index < -0.39 is 0 Å². The van der Waals surface area contributed by atoms with Gasteiger partial charge in [-0.2, -0.15) is 0 Å². The van der Waals surface area contributed by atoms with Crippen LogP contribution < -0.4 is 0 Å². The topological polar surface area (TPSA) is 26.8 Å². The van der Waals surface area contributed by atoms with Crippen molar-refractivity contribution in [3.05, 3.63) is 34.9 Å². The molecule has 1 amide bonds. The number of rotatable bonds is 4. The van der Waals surface area contributed by atoms with Crippen LogP contribution in [0.15, 0.2) is 18.2 Å². The molecule has 28 heavy (non-hydrogen) atoms. The van der Waals surface area contributed by atoms with Gasteiger partial charge in [0.1, 0.15) is 0 Å². The van der Waals surface area contributed by atoms with Crippen LogP contribution in [-0.2, 0) is 11.3 Å². The first-order chi connectivity index (χ1) is 13.6. The molecule has 154 valence electrons. The third kappa shape index (κ3) is 4.44. The molecule has 3 aliphatic heterocycles. The molecule has 0 aliphatic carbocycles. The molecule has 3 heterocycles. The summed E-state index contributed by atoms with van der Waals surface area (Å²) in [5, 5.41) is 0. The number of piperidine rings is 2. The van der Waals surface area contributed by atoms with Crippen molar-refractivity contribution < 1.29 is 4.79 Å². The van der Waals surface area contributed by atoms with E-state index in [-0.39, 0.29) is 5.92 Å². The molecule has 1 aromatic carbocycles. The van der Waals surface area contributed by atoms with Crippen molar-refractivity contribution in [2.75, 3.05) is 39.3 Å². The number of likely N-dealkylation sites (tertiary alicyclic amines) is 3. The Balaban J connectivity index is 1.29. The van der Waals surface area contributed by atoms with Gasteiger partial charge in [-0.05, 0) is 88.7 Å². The molecule has 3 fully saturated rings. The molecule has 4 nitrogen and oxygen atoms in total. The predicted octanol–water partition coefficient (Wildman–Crippen LogP) is 3.60. The van der Waals surface area contributed by atoms with Crippen LogP contribution in [0.3, 0.4) is 0 Å². The maximum absolute atomic E-state index is 12.8. The minimum Gasteiger partial charge on any atom is -0.342 e. The second-order valence-electron chi connectivity index (χ2n) is 9.24. The van der Waals surface area contributed by atoms with E-state index in [1.165, 1.54) is 68.4 Å². The summed E-state index contributed by atoms with van der Waals surface area (Å²) >= 11 is 0. The highest BCUT2D eigenvalue weighted by atomic mass is 16.2. The van der Waals surface area contributed by atoms with Gasteiger partial charge in [-0.3, -0.25) is 14.6 Å². The molecule has 3 aliphatic rings. The average molecular weight is 384 g/mol. The molecule has 0 aromatic heterocycles. The Kier molecular flexibility index (Phi) is 6.37. The van der Waals surface area contributed by atoms with Crippen molar-refractivity contribution in [3.63, 3.8) is 0 Å². The molecule has 0 spiro atoms. The Morgan fingerprint density at radius 1 is 0.929 bits per heavy atom. The first-order valence-corrected chi connectivity index (χ1v) is 11.4. The Bertz CT molecular complexity index is 654. The van der Waals surface area contributed by atoms with Crippen molar-refractivity contribution in [1.82, 2.24) is 14.7 Å². The highest BCUT2D eigenvalue weighted by Gasteiger charge is 2.34. The van der Waals surface area contributed by atoms with Crippen molar-refractivity contribution in [1.29, 1.82) is 0 Å². The minimum atomic E-state index is 0.250. The lowest BCUT2D eigenvalue weighted by Gasteiger charge is -2.42. The Hall–Kier alpha value is -1.39. The summed E-state index contributed by atoms with van der Waals surface area (Å²) in [6.45, 7) is 12.1. The molecular weight excluding hydrogens is 346 g/mol. The number of carbonyl (C=O) groups is 1. The van der Waals surface area contributed by atoms with E-state index in [9.17, 15) is 4.79 Å². The first-order valence-electron chi connectivity index (χ1n) is 11.4. The lowest BCUT2D eigenvalue weighted by molar-refractivity contribution is -0.136. The molecule has 1 atom stereocenters. The van der Waals surface area contributed by atoms with E-state index in [0.717, 1.165) is 32.6 Å². The van der Waals surface area contributed by atoms with Gasteiger partial charge >= 0.3 is 0 Å². The number of carbonyl (C=O) groups excluding carboxylic acids is 1. The summed E-state index contributed by atoms with van der Waals surface area (Å²) in [5.74, 6) is 0.689. The van der Waals surface area contributed by atoms with E-state index in [4.69, 9.17) is 0 Å². The molecule has 0 N–H and O–H groups in total. The van der Waals surface area contributed by atoms with Gasteiger partial charge in [0.15, 0.2) is 0 Å². The molecular formula is C24H37N3O. The average Bonchev–Trinajstić information content (AvgIpc) is 3.26. The Morgan fingerprint density at radius 2 is 1.61 bits per heavy atom. The molecule has 0 unspecified atom stereocenters. The fraction of sp³-hybridized carbons (Fsp3) is 0.708. The molecule has 0 bridgehead atoms. The highest BCUT2D eigenvalue weighted by molar-refractivity contribution is 5.79. The second kappa shape index (κ2) is 8.96. The third-order valence-electron chi connectivity index (χ3n) is 7.32. The van der Waals surface area contributed by atoms with Crippen LogP contribution in [0.5, 0.6) is 0 Å². The summed E-state index contributed by atoms with van der Waals surface area (Å²) in [6.07, 6.45) is 7.16. The first kappa shape index (κ1) is 19.9. The van der Waals surface area contributed by atoms with Crippen LogP contribution in [0, 0.1) is 19.8 Å². The summed E-state index contributed by atoms with van der Waals surface area (Å²) in [5.41, 5.74) is 4.35. The van der Waals surface area contributed by atoms with E-state index in [0.29, 0.717) is 11.9 Å². The smallest absolute Gasteiger partial charge is 0.226 e. The standard InChI is InChI=1S/C24H37N3O/c1-19-7-5-8-20(2)23(19)18-25-15-10-22(11-16-25)27-14-6-9-21(17-27)24(28)26-12-3-4-13-26/h5,7-8,21-22H,3-4,6,9-18H2,1-2H3/t21-/m1/s1. The summed E-state index contributed by atoms with van der Waals surface area (Å²) in [4.78, 5) is 20.2. The SMILES string of the molecule is Cc1cccc(C)c1CN1CCC(N2CCC[C@@H](C(=O)N3CCCC3)C2)CC1. The van der Waals surface area contributed by atoms with Crippen molar-refractivity contribution >= 4 is 5.91 Å². The van der Waals surface area contributed by atoms with Crippen LogP contribution in [0.25, 0.3) is 0 Å². The third-order valence-corrected chi connectivity index (χ3v) is 7.32. The van der Waals surface area contributed by atoms with Crippen LogP contribution in [0.4, 0.5) is 0 Å². The number of aryl methyl sites for hydroxylation is 2. The van der Waals surface area contributed by atoms with Crippen molar-refractivity contribution in [2.45, 2.75) is 65.0 Å². The maximum Gasteiger partial charge on any atom is 0.226 e. The number of benzene rings is 1. The molecule has 4 rings (SSSR count). The number of nitrogens with zero attached hydrogens (tertiary/aromatic N) is 3. The lowest BCUT2D eigenvalue weighted by atomic mass is 9.92. The van der Waals surface area contributed by atoms with Crippen molar-refractivity contribution in [3.8, 4) is 0 Å². The van der Waals surface area contributed by atoms with Gasteiger partial charge in [-0.25, -0.2) is 0 Å². The van der Waals surface area contributed by atoms with Crippen LogP contribution in [0.2, 0.25) is 0 Å². The number of hydrogen-bond acceptors (Lipinski definition) is 3. The fourth-order valence-corrected chi connectivity index (χ4v) is 5.50. The predicted molar refractivity (Wildman–Crippen MR) is 114 cm³/mol. The normalized spacial score (nSPS) is 25.4. The zero-order valence-corrected chi connectivity index (χ0v) is 17.8. The van der Waals surface area contributed by atoms with Crippen LogP contribution in [-0.4, -0.2) is 65.9 Å². The molecule has 0 radical (unpaired) electrons. The largest absolute Gasteiger partial charge is 0.342 e. The van der Waals surface area contributed by atoms with Crippen LogP contribution in [0.1, 0.15) is 55.2 Å². The highest BCUT2D eigenvalue weighted by Crippen LogP contribution is 2.27. The molecule has 4 heteroatoms. The van der Waals surface area contributed by atoms with Gasteiger partial charge < -0.3 is 4.90 Å². The lowest BCUT2D eigenvalue weighted by Crippen LogP contribution is -2.51.